The first kappa shape index (κ1) is 16.5. The molecular weight excluding hydrogens is 326 g/mol. The molecule has 0 spiro atoms. The summed E-state index contributed by atoms with van der Waals surface area (Å²) in [5.41, 5.74) is 1.56. The van der Waals surface area contributed by atoms with Crippen LogP contribution in [0.5, 0.6) is 0 Å². The molecular formula is C21H21N3O2. The minimum absolute atomic E-state index is 0.0397. The van der Waals surface area contributed by atoms with Crippen LogP contribution in [0.3, 0.4) is 0 Å². The molecule has 0 radical (unpaired) electrons. The van der Waals surface area contributed by atoms with E-state index in [1.807, 2.05) is 41.3 Å². The summed E-state index contributed by atoms with van der Waals surface area (Å²) >= 11 is 0. The molecule has 1 aromatic heterocycles. The zero-order chi connectivity index (χ0) is 17.9. The standard InChI is InChI=1S/C21H21N3O2/c25-20-17-10-5-4-9-16(17)18(13-23-20)21(26)24-12-6-11-22-19(14-24)15-7-2-1-3-8-15/h1-5,7-10,13,19,22H,6,11-12,14H2,(H,23,25). The van der Waals surface area contributed by atoms with Crippen LogP contribution in [0.2, 0.25) is 0 Å². The zero-order valence-electron chi connectivity index (χ0n) is 14.4. The monoisotopic (exact) mass is 347 g/mol. The van der Waals surface area contributed by atoms with Crippen LogP contribution in [-0.4, -0.2) is 35.4 Å². The minimum atomic E-state index is -0.170. The molecule has 1 aliphatic heterocycles. The summed E-state index contributed by atoms with van der Waals surface area (Å²) in [6.07, 6.45) is 2.44. The summed E-state index contributed by atoms with van der Waals surface area (Å²) in [5, 5.41) is 4.78. The number of amides is 1. The molecule has 1 atom stereocenters. The lowest BCUT2D eigenvalue weighted by atomic mass is 10.0. The quantitative estimate of drug-likeness (QED) is 0.749. The van der Waals surface area contributed by atoms with Crippen molar-refractivity contribution in [2.24, 2.45) is 0 Å². The number of carbonyl (C=O) groups excluding carboxylic acids is 1. The predicted octanol–water partition coefficient (Wildman–Crippen LogP) is 2.70. The third-order valence-corrected chi connectivity index (χ3v) is 4.93. The second-order valence-corrected chi connectivity index (χ2v) is 6.60. The van der Waals surface area contributed by atoms with E-state index in [0.29, 0.717) is 29.4 Å². The van der Waals surface area contributed by atoms with Crippen LogP contribution in [-0.2, 0) is 0 Å². The number of hydrogen-bond donors (Lipinski definition) is 2. The molecule has 0 saturated carbocycles. The van der Waals surface area contributed by atoms with Crippen LogP contribution in [0.1, 0.15) is 28.4 Å². The van der Waals surface area contributed by atoms with Gasteiger partial charge in [-0.05, 0) is 24.6 Å². The number of nitrogens with zero attached hydrogens (tertiary/aromatic N) is 1. The fourth-order valence-electron chi connectivity index (χ4n) is 3.57. The van der Waals surface area contributed by atoms with Gasteiger partial charge in [0, 0.05) is 36.1 Å². The largest absolute Gasteiger partial charge is 0.337 e. The first-order chi connectivity index (χ1) is 12.7. The van der Waals surface area contributed by atoms with E-state index in [-0.39, 0.29) is 17.5 Å². The Hall–Kier alpha value is -2.92. The van der Waals surface area contributed by atoms with Gasteiger partial charge >= 0.3 is 0 Å². The Morgan fingerprint density at radius 2 is 1.73 bits per heavy atom. The topological polar surface area (TPSA) is 65.2 Å². The Morgan fingerprint density at radius 1 is 1.00 bits per heavy atom. The highest BCUT2D eigenvalue weighted by molar-refractivity contribution is 6.06. The molecule has 1 amide bonds. The summed E-state index contributed by atoms with van der Waals surface area (Å²) < 4.78 is 0. The maximum atomic E-state index is 13.2. The number of fused-ring (bicyclic) bond motifs is 1. The molecule has 1 aliphatic rings. The number of H-pyrrole nitrogens is 1. The third kappa shape index (κ3) is 3.13. The normalized spacial score (nSPS) is 17.8. The Labute approximate surface area is 151 Å². The first-order valence-corrected chi connectivity index (χ1v) is 8.92. The molecule has 1 unspecified atom stereocenters. The van der Waals surface area contributed by atoms with E-state index in [9.17, 15) is 9.59 Å². The first-order valence-electron chi connectivity index (χ1n) is 8.92. The van der Waals surface area contributed by atoms with Crippen molar-refractivity contribution in [1.82, 2.24) is 15.2 Å². The molecule has 1 fully saturated rings. The Kier molecular flexibility index (Phi) is 4.54. The van der Waals surface area contributed by atoms with Crippen molar-refractivity contribution < 1.29 is 4.79 Å². The number of aromatic nitrogens is 1. The Balaban J connectivity index is 1.67. The molecule has 0 aliphatic carbocycles. The zero-order valence-corrected chi connectivity index (χ0v) is 14.4. The maximum absolute atomic E-state index is 13.2. The molecule has 2 N–H and O–H groups in total. The molecule has 26 heavy (non-hydrogen) atoms. The highest BCUT2D eigenvalue weighted by atomic mass is 16.2. The van der Waals surface area contributed by atoms with Crippen molar-refractivity contribution in [2.75, 3.05) is 19.6 Å². The number of rotatable bonds is 2. The van der Waals surface area contributed by atoms with Crippen molar-refractivity contribution in [3.63, 3.8) is 0 Å². The molecule has 5 heteroatoms. The summed E-state index contributed by atoms with van der Waals surface area (Å²) in [4.78, 5) is 29.9. The van der Waals surface area contributed by atoms with Crippen molar-refractivity contribution in [3.05, 3.63) is 82.3 Å². The fraction of sp³-hybridized carbons (Fsp3) is 0.238. The molecule has 132 valence electrons. The molecule has 1 saturated heterocycles. The van der Waals surface area contributed by atoms with E-state index >= 15 is 0 Å². The van der Waals surface area contributed by atoms with Crippen molar-refractivity contribution in [2.45, 2.75) is 12.5 Å². The third-order valence-electron chi connectivity index (χ3n) is 4.93. The summed E-state index contributed by atoms with van der Waals surface area (Å²) in [5.74, 6) is -0.0397. The predicted molar refractivity (Wildman–Crippen MR) is 102 cm³/mol. The van der Waals surface area contributed by atoms with Gasteiger partial charge in [0.15, 0.2) is 0 Å². The second-order valence-electron chi connectivity index (χ2n) is 6.60. The molecule has 2 heterocycles. The molecule has 2 aromatic carbocycles. The second kappa shape index (κ2) is 7.14. The number of nitrogens with one attached hydrogen (secondary N) is 2. The van der Waals surface area contributed by atoms with Crippen LogP contribution in [0.25, 0.3) is 10.8 Å². The van der Waals surface area contributed by atoms with Crippen LogP contribution < -0.4 is 10.9 Å². The van der Waals surface area contributed by atoms with Gasteiger partial charge in [-0.25, -0.2) is 0 Å². The van der Waals surface area contributed by atoms with Gasteiger partial charge in [0.25, 0.3) is 11.5 Å². The SMILES string of the molecule is O=C(c1c[nH]c(=O)c2ccccc12)N1CCCNC(c2ccccc2)C1. The van der Waals surface area contributed by atoms with Gasteiger partial charge in [0.2, 0.25) is 0 Å². The van der Waals surface area contributed by atoms with Crippen LogP contribution in [0.15, 0.2) is 65.6 Å². The number of benzene rings is 2. The van der Waals surface area contributed by atoms with E-state index in [1.165, 1.54) is 5.56 Å². The number of aromatic amines is 1. The lowest BCUT2D eigenvalue weighted by molar-refractivity contribution is 0.0754. The van der Waals surface area contributed by atoms with Crippen LogP contribution >= 0.6 is 0 Å². The highest BCUT2D eigenvalue weighted by Crippen LogP contribution is 2.21. The van der Waals surface area contributed by atoms with Gasteiger partial charge in [-0.15, -0.1) is 0 Å². The summed E-state index contributed by atoms with van der Waals surface area (Å²) in [6, 6.07) is 17.6. The lowest BCUT2D eigenvalue weighted by Gasteiger charge is -2.25. The van der Waals surface area contributed by atoms with E-state index in [4.69, 9.17) is 0 Å². The Morgan fingerprint density at radius 3 is 2.54 bits per heavy atom. The molecule has 0 bridgehead atoms. The van der Waals surface area contributed by atoms with Gasteiger partial charge in [-0.1, -0.05) is 48.5 Å². The number of carbonyl (C=O) groups is 1. The van der Waals surface area contributed by atoms with Crippen molar-refractivity contribution in [3.8, 4) is 0 Å². The summed E-state index contributed by atoms with van der Waals surface area (Å²) in [7, 11) is 0. The van der Waals surface area contributed by atoms with Gasteiger partial charge < -0.3 is 15.2 Å². The van der Waals surface area contributed by atoms with E-state index in [0.717, 1.165) is 13.0 Å². The van der Waals surface area contributed by atoms with Crippen molar-refractivity contribution >= 4 is 16.7 Å². The maximum Gasteiger partial charge on any atom is 0.256 e. The van der Waals surface area contributed by atoms with E-state index in [1.54, 1.807) is 12.3 Å². The summed E-state index contributed by atoms with van der Waals surface area (Å²) in [6.45, 7) is 2.18. The average molecular weight is 347 g/mol. The van der Waals surface area contributed by atoms with Gasteiger partial charge in [-0.3, -0.25) is 9.59 Å². The molecule has 4 rings (SSSR count). The average Bonchev–Trinajstić information content (AvgIpc) is 2.95. The number of hydrogen-bond acceptors (Lipinski definition) is 3. The van der Waals surface area contributed by atoms with Gasteiger partial charge in [-0.2, -0.15) is 0 Å². The van der Waals surface area contributed by atoms with E-state index < -0.39 is 0 Å². The van der Waals surface area contributed by atoms with Gasteiger partial charge in [0.05, 0.1) is 5.56 Å². The fourth-order valence-corrected chi connectivity index (χ4v) is 3.57. The lowest BCUT2D eigenvalue weighted by Crippen LogP contribution is -2.36. The van der Waals surface area contributed by atoms with Crippen LogP contribution in [0.4, 0.5) is 0 Å². The van der Waals surface area contributed by atoms with Crippen LogP contribution in [0, 0.1) is 0 Å². The van der Waals surface area contributed by atoms with E-state index in [2.05, 4.69) is 22.4 Å². The smallest absolute Gasteiger partial charge is 0.256 e. The molecule has 5 nitrogen and oxygen atoms in total. The Bertz CT molecular complexity index is 981. The highest BCUT2D eigenvalue weighted by Gasteiger charge is 2.25. The minimum Gasteiger partial charge on any atom is -0.337 e. The number of pyridine rings is 1. The van der Waals surface area contributed by atoms with Crippen molar-refractivity contribution in [1.29, 1.82) is 0 Å². The molecule has 3 aromatic rings. The van der Waals surface area contributed by atoms with Gasteiger partial charge in [0.1, 0.15) is 0 Å².